The number of thiazole rings is 1. The molecule has 0 amide bonds. The molecule has 0 unspecified atom stereocenters. The fourth-order valence-corrected chi connectivity index (χ4v) is 1.77. The van der Waals surface area contributed by atoms with Crippen LogP contribution in [0.4, 0.5) is 8.78 Å². The second-order valence-electron chi connectivity index (χ2n) is 2.34. The smallest absolute Gasteiger partial charge is 0.195 e. The van der Waals surface area contributed by atoms with Crippen LogP contribution >= 0.6 is 11.3 Å². The third-order valence-electron chi connectivity index (χ3n) is 1.55. The largest absolute Gasteiger partial charge is 0.226 e. The Kier molecular flexibility index (Phi) is 1.71. The van der Waals surface area contributed by atoms with E-state index in [0.29, 0.717) is 5.52 Å². The molecule has 0 N–H and O–H groups in total. The maximum Gasteiger partial charge on any atom is 0.195 e. The van der Waals surface area contributed by atoms with E-state index in [4.69, 9.17) is 5.26 Å². The zero-order valence-electron chi connectivity index (χ0n) is 6.21. The number of hydrogen-bond acceptors (Lipinski definition) is 3. The molecule has 13 heavy (non-hydrogen) atoms. The van der Waals surface area contributed by atoms with Gasteiger partial charge in [0.15, 0.2) is 16.6 Å². The van der Waals surface area contributed by atoms with Gasteiger partial charge < -0.3 is 0 Å². The molecule has 1 heterocycles. The molecule has 0 saturated heterocycles. The maximum atomic E-state index is 13.0. The highest BCUT2D eigenvalue weighted by atomic mass is 32.1. The molecule has 0 radical (unpaired) electrons. The van der Waals surface area contributed by atoms with Crippen LogP contribution in [-0.4, -0.2) is 4.98 Å². The van der Waals surface area contributed by atoms with Crippen molar-refractivity contribution in [1.29, 1.82) is 5.26 Å². The number of nitriles is 1. The average molecular weight is 196 g/mol. The lowest BCUT2D eigenvalue weighted by Gasteiger charge is -1.90. The van der Waals surface area contributed by atoms with Gasteiger partial charge in [0.05, 0.1) is 10.2 Å². The molecule has 0 spiro atoms. The number of halogens is 2. The van der Waals surface area contributed by atoms with Crippen LogP contribution in [0.15, 0.2) is 12.1 Å². The van der Waals surface area contributed by atoms with Gasteiger partial charge >= 0.3 is 0 Å². The van der Waals surface area contributed by atoms with E-state index in [2.05, 4.69) is 4.98 Å². The van der Waals surface area contributed by atoms with E-state index in [1.165, 1.54) is 6.07 Å². The van der Waals surface area contributed by atoms with Crippen molar-refractivity contribution >= 4 is 21.6 Å². The molecule has 2 rings (SSSR count). The third-order valence-corrected chi connectivity index (χ3v) is 2.51. The molecular weight excluding hydrogens is 194 g/mol. The Labute approximate surface area is 76.1 Å². The molecule has 2 nitrogen and oxygen atoms in total. The Morgan fingerprint density at radius 1 is 1.38 bits per heavy atom. The highest BCUT2D eigenvalue weighted by Gasteiger charge is 2.11. The second kappa shape index (κ2) is 2.75. The van der Waals surface area contributed by atoms with Crippen LogP contribution in [0.25, 0.3) is 10.2 Å². The van der Waals surface area contributed by atoms with Crippen LogP contribution < -0.4 is 0 Å². The minimum atomic E-state index is -0.934. The molecule has 0 aliphatic rings. The quantitative estimate of drug-likeness (QED) is 0.648. The summed E-state index contributed by atoms with van der Waals surface area (Å²) in [7, 11) is 0. The van der Waals surface area contributed by atoms with Crippen molar-refractivity contribution in [3.8, 4) is 6.07 Å². The lowest BCUT2D eigenvalue weighted by molar-refractivity contribution is 0.518. The number of nitrogens with zero attached hydrogens (tertiary/aromatic N) is 2. The summed E-state index contributed by atoms with van der Waals surface area (Å²) in [6.45, 7) is 0. The molecule has 0 fully saturated rings. The fourth-order valence-electron chi connectivity index (χ4n) is 0.984. The van der Waals surface area contributed by atoms with Crippen molar-refractivity contribution in [3.63, 3.8) is 0 Å². The SMILES string of the molecule is N#Cc1nc2ccc(F)c(F)c2s1. The average Bonchev–Trinajstić information content (AvgIpc) is 2.55. The van der Waals surface area contributed by atoms with Gasteiger partial charge in [-0.05, 0) is 12.1 Å². The summed E-state index contributed by atoms with van der Waals surface area (Å²) < 4.78 is 25.8. The van der Waals surface area contributed by atoms with Crippen molar-refractivity contribution in [2.24, 2.45) is 0 Å². The number of hydrogen-bond donors (Lipinski definition) is 0. The van der Waals surface area contributed by atoms with Gasteiger partial charge in [0, 0.05) is 0 Å². The first-order chi connectivity index (χ1) is 6.22. The molecule has 5 heteroatoms. The third kappa shape index (κ3) is 1.15. The van der Waals surface area contributed by atoms with Gasteiger partial charge in [-0.25, -0.2) is 13.8 Å². The Morgan fingerprint density at radius 3 is 2.85 bits per heavy atom. The zero-order chi connectivity index (χ0) is 9.42. The van der Waals surface area contributed by atoms with E-state index in [1.807, 2.05) is 0 Å². The molecule has 0 atom stereocenters. The summed E-state index contributed by atoms with van der Waals surface area (Å²) in [5, 5.41) is 8.62. The van der Waals surface area contributed by atoms with Gasteiger partial charge in [0.1, 0.15) is 6.07 Å². The molecule has 2 aromatic rings. The molecule has 64 valence electrons. The highest BCUT2D eigenvalue weighted by molar-refractivity contribution is 7.19. The van der Waals surface area contributed by atoms with Gasteiger partial charge in [-0.2, -0.15) is 5.26 Å². The van der Waals surface area contributed by atoms with Crippen LogP contribution in [0.5, 0.6) is 0 Å². The summed E-state index contributed by atoms with van der Waals surface area (Å²) in [5.74, 6) is -1.85. The summed E-state index contributed by atoms with van der Waals surface area (Å²) in [4.78, 5) is 3.78. The predicted octanol–water partition coefficient (Wildman–Crippen LogP) is 2.45. The zero-order valence-corrected chi connectivity index (χ0v) is 7.03. The van der Waals surface area contributed by atoms with Crippen molar-refractivity contribution < 1.29 is 8.78 Å². The van der Waals surface area contributed by atoms with Gasteiger partial charge in [-0.3, -0.25) is 0 Å². The van der Waals surface area contributed by atoms with E-state index in [-0.39, 0.29) is 9.71 Å². The minimum Gasteiger partial charge on any atom is -0.226 e. The van der Waals surface area contributed by atoms with E-state index >= 15 is 0 Å². The van der Waals surface area contributed by atoms with E-state index in [0.717, 1.165) is 17.4 Å². The maximum absolute atomic E-state index is 13.0. The van der Waals surface area contributed by atoms with Crippen LogP contribution in [0.1, 0.15) is 5.01 Å². The van der Waals surface area contributed by atoms with Gasteiger partial charge in [0.25, 0.3) is 0 Å². The highest BCUT2D eigenvalue weighted by Crippen LogP contribution is 2.25. The number of benzene rings is 1. The lowest BCUT2D eigenvalue weighted by atomic mass is 10.3. The molecule has 0 aliphatic carbocycles. The monoisotopic (exact) mass is 196 g/mol. The number of rotatable bonds is 0. The molecule has 1 aromatic carbocycles. The van der Waals surface area contributed by atoms with Crippen LogP contribution in [0.2, 0.25) is 0 Å². The summed E-state index contributed by atoms with van der Waals surface area (Å²) >= 11 is 0.851. The Morgan fingerprint density at radius 2 is 2.15 bits per heavy atom. The van der Waals surface area contributed by atoms with E-state index < -0.39 is 11.6 Å². The number of aromatic nitrogens is 1. The lowest BCUT2D eigenvalue weighted by Crippen LogP contribution is -1.81. The second-order valence-corrected chi connectivity index (χ2v) is 3.34. The predicted molar refractivity (Wildman–Crippen MR) is 44.3 cm³/mol. The molecule has 0 bridgehead atoms. The van der Waals surface area contributed by atoms with Gasteiger partial charge in [0.2, 0.25) is 0 Å². The number of fused-ring (bicyclic) bond motifs is 1. The Bertz CT molecular complexity index is 513. The van der Waals surface area contributed by atoms with E-state index in [1.54, 1.807) is 6.07 Å². The minimum absolute atomic E-state index is 0.0940. The first-order valence-corrected chi connectivity index (χ1v) is 4.18. The first-order valence-electron chi connectivity index (χ1n) is 3.37. The van der Waals surface area contributed by atoms with Gasteiger partial charge in [-0.1, -0.05) is 0 Å². The van der Waals surface area contributed by atoms with Crippen molar-refractivity contribution in [2.45, 2.75) is 0 Å². The van der Waals surface area contributed by atoms with Crippen LogP contribution in [0, 0.1) is 23.0 Å². The molecular formula is C8H2F2N2S. The Balaban J connectivity index is 2.86. The molecule has 1 aromatic heterocycles. The standard InChI is InChI=1S/C8H2F2N2S/c9-4-1-2-5-8(7(4)10)13-6(3-11)12-5/h1-2H. The first kappa shape index (κ1) is 8.08. The topological polar surface area (TPSA) is 36.7 Å². The Hall–Kier alpha value is -1.54. The van der Waals surface area contributed by atoms with Crippen molar-refractivity contribution in [2.75, 3.05) is 0 Å². The van der Waals surface area contributed by atoms with Crippen LogP contribution in [0.3, 0.4) is 0 Å². The fraction of sp³-hybridized carbons (Fsp3) is 0. The van der Waals surface area contributed by atoms with Crippen LogP contribution in [-0.2, 0) is 0 Å². The van der Waals surface area contributed by atoms with E-state index in [9.17, 15) is 8.78 Å². The molecule has 0 aliphatic heterocycles. The molecule has 0 saturated carbocycles. The summed E-state index contributed by atoms with van der Waals surface area (Å²) in [6.07, 6.45) is 0. The van der Waals surface area contributed by atoms with Gasteiger partial charge in [-0.15, -0.1) is 11.3 Å². The van der Waals surface area contributed by atoms with Crippen molar-refractivity contribution in [3.05, 3.63) is 28.8 Å². The summed E-state index contributed by atoms with van der Waals surface area (Å²) in [5.41, 5.74) is 0.320. The van der Waals surface area contributed by atoms with Crippen molar-refractivity contribution in [1.82, 2.24) is 4.98 Å². The summed E-state index contributed by atoms with van der Waals surface area (Å²) in [6, 6.07) is 4.13. The normalized spacial score (nSPS) is 10.2.